The van der Waals surface area contributed by atoms with Crippen LogP contribution in [0.3, 0.4) is 0 Å². The average molecular weight is 273 g/mol. The lowest BCUT2D eigenvalue weighted by atomic mass is 10.4. The van der Waals surface area contributed by atoms with E-state index in [1.165, 1.54) is 11.3 Å². The van der Waals surface area contributed by atoms with Gasteiger partial charge in [-0.25, -0.2) is 0 Å². The lowest BCUT2D eigenvalue weighted by Crippen LogP contribution is -2.37. The van der Waals surface area contributed by atoms with E-state index in [0.717, 1.165) is 9.21 Å². The van der Waals surface area contributed by atoms with Crippen LogP contribution in [0.15, 0.2) is 24.8 Å². The van der Waals surface area contributed by atoms with Crippen LogP contribution in [0, 0.1) is 0 Å². The summed E-state index contributed by atoms with van der Waals surface area (Å²) in [5.74, 6) is 0.0962. The summed E-state index contributed by atoms with van der Waals surface area (Å²) in [6.45, 7) is 7.88. The lowest BCUT2D eigenvalue weighted by Gasteiger charge is -2.20. The van der Waals surface area contributed by atoms with Gasteiger partial charge in [-0.15, -0.1) is 17.9 Å². The zero-order valence-electron chi connectivity index (χ0n) is 9.91. The van der Waals surface area contributed by atoms with E-state index >= 15 is 0 Å². The number of likely N-dealkylation sites (N-methyl/N-ethyl adjacent to an activating group) is 1. The lowest BCUT2D eigenvalue weighted by molar-refractivity contribution is -0.130. The van der Waals surface area contributed by atoms with E-state index in [2.05, 4.69) is 11.9 Å². The van der Waals surface area contributed by atoms with Crippen LogP contribution < -0.4 is 5.32 Å². The number of rotatable bonds is 7. The molecule has 3 nitrogen and oxygen atoms in total. The number of amides is 1. The third-order valence-corrected chi connectivity index (χ3v) is 3.49. The zero-order valence-corrected chi connectivity index (χ0v) is 11.5. The molecule has 0 aromatic carbocycles. The molecular weight excluding hydrogens is 256 g/mol. The molecule has 0 radical (unpaired) electrons. The van der Waals surface area contributed by atoms with E-state index in [1.807, 2.05) is 19.1 Å². The van der Waals surface area contributed by atoms with Gasteiger partial charge in [0, 0.05) is 18.0 Å². The Kier molecular flexibility index (Phi) is 6.26. The molecule has 1 heterocycles. The van der Waals surface area contributed by atoms with E-state index in [0.29, 0.717) is 26.2 Å². The van der Waals surface area contributed by atoms with Crippen LogP contribution in [-0.2, 0) is 11.3 Å². The zero-order chi connectivity index (χ0) is 12.7. The Bertz CT molecular complexity index is 378. The molecule has 5 heteroatoms. The Morgan fingerprint density at radius 3 is 2.94 bits per heavy atom. The monoisotopic (exact) mass is 272 g/mol. The topological polar surface area (TPSA) is 32.3 Å². The van der Waals surface area contributed by atoms with Gasteiger partial charge >= 0.3 is 0 Å². The SMILES string of the molecule is C=CCNCC(=O)N(CC)Cc1ccc(Cl)s1. The summed E-state index contributed by atoms with van der Waals surface area (Å²) in [5, 5.41) is 3.01. The van der Waals surface area contributed by atoms with Gasteiger partial charge in [0.2, 0.25) is 5.91 Å². The minimum atomic E-state index is 0.0962. The molecule has 17 heavy (non-hydrogen) atoms. The summed E-state index contributed by atoms with van der Waals surface area (Å²) in [6, 6.07) is 3.82. The number of thiophene rings is 1. The Labute approximate surface area is 111 Å². The number of hydrogen-bond acceptors (Lipinski definition) is 3. The van der Waals surface area contributed by atoms with Gasteiger partial charge in [-0.1, -0.05) is 17.7 Å². The van der Waals surface area contributed by atoms with E-state index in [9.17, 15) is 4.79 Å². The number of carbonyl (C=O) groups is 1. The fourth-order valence-corrected chi connectivity index (χ4v) is 2.50. The first kappa shape index (κ1) is 14.2. The summed E-state index contributed by atoms with van der Waals surface area (Å²) >= 11 is 7.37. The van der Waals surface area contributed by atoms with Gasteiger partial charge in [-0.3, -0.25) is 4.79 Å². The molecule has 1 N–H and O–H groups in total. The normalized spacial score (nSPS) is 10.2. The Morgan fingerprint density at radius 2 is 2.41 bits per heavy atom. The van der Waals surface area contributed by atoms with Crippen molar-refractivity contribution < 1.29 is 4.79 Å². The predicted octanol–water partition coefficient (Wildman–Crippen LogP) is 2.53. The molecule has 1 amide bonds. The highest BCUT2D eigenvalue weighted by molar-refractivity contribution is 7.16. The first-order chi connectivity index (χ1) is 8.17. The summed E-state index contributed by atoms with van der Waals surface area (Å²) in [6.07, 6.45) is 1.74. The van der Waals surface area contributed by atoms with Crippen LogP contribution in [0.25, 0.3) is 0 Å². The Hall–Kier alpha value is -0.840. The molecule has 0 fully saturated rings. The molecule has 0 aliphatic carbocycles. The van der Waals surface area contributed by atoms with Crippen LogP contribution in [0.5, 0.6) is 0 Å². The van der Waals surface area contributed by atoms with Crippen molar-refractivity contribution in [1.82, 2.24) is 10.2 Å². The van der Waals surface area contributed by atoms with Crippen LogP contribution in [0.2, 0.25) is 4.34 Å². The van der Waals surface area contributed by atoms with Crippen molar-refractivity contribution in [2.24, 2.45) is 0 Å². The van der Waals surface area contributed by atoms with Crippen molar-refractivity contribution in [3.63, 3.8) is 0 Å². The van der Waals surface area contributed by atoms with Crippen molar-refractivity contribution >= 4 is 28.8 Å². The number of carbonyl (C=O) groups excluding carboxylic acids is 1. The van der Waals surface area contributed by atoms with Crippen LogP contribution in [0.4, 0.5) is 0 Å². The number of nitrogens with zero attached hydrogens (tertiary/aromatic N) is 1. The van der Waals surface area contributed by atoms with Crippen molar-refractivity contribution in [3.05, 3.63) is 34.0 Å². The van der Waals surface area contributed by atoms with Crippen molar-refractivity contribution in [2.45, 2.75) is 13.5 Å². The van der Waals surface area contributed by atoms with Crippen LogP contribution >= 0.6 is 22.9 Å². The Morgan fingerprint density at radius 1 is 1.65 bits per heavy atom. The molecule has 0 bridgehead atoms. The van der Waals surface area contributed by atoms with Gasteiger partial charge in [-0.05, 0) is 19.1 Å². The van der Waals surface area contributed by atoms with Gasteiger partial charge < -0.3 is 10.2 Å². The second-order valence-electron chi connectivity index (χ2n) is 3.53. The fraction of sp³-hybridized carbons (Fsp3) is 0.417. The number of hydrogen-bond donors (Lipinski definition) is 1. The third-order valence-electron chi connectivity index (χ3n) is 2.27. The molecule has 0 aliphatic heterocycles. The molecular formula is C12H17ClN2OS. The van der Waals surface area contributed by atoms with Crippen LogP contribution in [-0.4, -0.2) is 30.4 Å². The minimum absolute atomic E-state index is 0.0962. The molecule has 1 rings (SSSR count). The molecule has 0 saturated heterocycles. The second kappa shape index (κ2) is 7.48. The quantitative estimate of drug-likeness (QED) is 0.611. The van der Waals surface area contributed by atoms with E-state index in [-0.39, 0.29) is 5.91 Å². The van der Waals surface area contributed by atoms with Gasteiger partial charge in [0.1, 0.15) is 0 Å². The summed E-state index contributed by atoms with van der Waals surface area (Å²) < 4.78 is 0.758. The summed E-state index contributed by atoms with van der Waals surface area (Å²) in [7, 11) is 0. The smallest absolute Gasteiger partial charge is 0.236 e. The molecule has 0 unspecified atom stereocenters. The molecule has 0 saturated carbocycles. The van der Waals surface area contributed by atoms with Gasteiger partial charge in [0.25, 0.3) is 0 Å². The first-order valence-corrected chi connectivity index (χ1v) is 6.70. The summed E-state index contributed by atoms with van der Waals surface area (Å²) in [5.41, 5.74) is 0. The molecule has 0 atom stereocenters. The summed E-state index contributed by atoms with van der Waals surface area (Å²) in [4.78, 5) is 14.8. The molecule has 94 valence electrons. The predicted molar refractivity (Wildman–Crippen MR) is 73.5 cm³/mol. The van der Waals surface area contributed by atoms with E-state index in [4.69, 9.17) is 11.6 Å². The maximum Gasteiger partial charge on any atom is 0.236 e. The standard InChI is InChI=1S/C12H17ClN2OS/c1-3-7-14-8-12(16)15(4-2)9-10-5-6-11(13)17-10/h3,5-6,14H,1,4,7-9H2,2H3. The Balaban J connectivity index is 2.47. The molecule has 0 aliphatic rings. The number of halogens is 1. The van der Waals surface area contributed by atoms with Crippen molar-refractivity contribution in [2.75, 3.05) is 19.6 Å². The van der Waals surface area contributed by atoms with E-state index in [1.54, 1.807) is 11.0 Å². The van der Waals surface area contributed by atoms with Gasteiger partial charge in [-0.2, -0.15) is 0 Å². The molecule has 1 aromatic heterocycles. The molecule has 1 aromatic rings. The second-order valence-corrected chi connectivity index (χ2v) is 5.33. The van der Waals surface area contributed by atoms with Crippen molar-refractivity contribution in [3.8, 4) is 0 Å². The first-order valence-electron chi connectivity index (χ1n) is 5.51. The fourth-order valence-electron chi connectivity index (χ4n) is 1.39. The van der Waals surface area contributed by atoms with Gasteiger partial charge in [0.15, 0.2) is 0 Å². The highest BCUT2D eigenvalue weighted by Crippen LogP contribution is 2.22. The van der Waals surface area contributed by atoms with Crippen molar-refractivity contribution in [1.29, 1.82) is 0 Å². The maximum absolute atomic E-state index is 11.9. The largest absolute Gasteiger partial charge is 0.337 e. The highest BCUT2D eigenvalue weighted by atomic mass is 35.5. The molecule has 0 spiro atoms. The van der Waals surface area contributed by atoms with E-state index < -0.39 is 0 Å². The van der Waals surface area contributed by atoms with Crippen LogP contribution in [0.1, 0.15) is 11.8 Å². The third kappa shape index (κ3) is 4.89. The minimum Gasteiger partial charge on any atom is -0.337 e. The number of nitrogens with one attached hydrogen (secondary N) is 1. The maximum atomic E-state index is 11.9. The average Bonchev–Trinajstić information content (AvgIpc) is 2.72. The highest BCUT2D eigenvalue weighted by Gasteiger charge is 2.12. The van der Waals surface area contributed by atoms with Gasteiger partial charge in [0.05, 0.1) is 17.4 Å².